The van der Waals surface area contributed by atoms with Gasteiger partial charge in [-0.25, -0.2) is 0 Å². The number of carbonyl (C=O) groups excluding carboxylic acids is 1. The standard InChI is InChI=1S/C9H14F3N3O2/c10-9(11,12)8-14-5-6(17-8)7(16)15-3-1-13-2-4-15/h6,8,13-14H,1-5H2/t6-,8+/m0/s1. The second kappa shape index (κ2) is 4.79. The molecule has 0 aliphatic carbocycles. The van der Waals surface area contributed by atoms with Gasteiger partial charge >= 0.3 is 6.18 Å². The van der Waals surface area contributed by atoms with E-state index >= 15 is 0 Å². The molecule has 2 aliphatic heterocycles. The van der Waals surface area contributed by atoms with Crippen molar-refractivity contribution in [3.8, 4) is 0 Å². The Balaban J connectivity index is 1.89. The molecule has 2 saturated heterocycles. The monoisotopic (exact) mass is 253 g/mol. The molecule has 5 nitrogen and oxygen atoms in total. The second-order valence-electron chi connectivity index (χ2n) is 4.03. The van der Waals surface area contributed by atoms with Crippen LogP contribution in [0.4, 0.5) is 13.2 Å². The normalized spacial score (nSPS) is 30.6. The molecule has 8 heteroatoms. The Morgan fingerprint density at radius 1 is 1.29 bits per heavy atom. The highest BCUT2D eigenvalue weighted by molar-refractivity contribution is 5.81. The first-order valence-electron chi connectivity index (χ1n) is 5.43. The molecule has 2 N–H and O–H groups in total. The predicted octanol–water partition coefficient (Wildman–Crippen LogP) is -0.705. The zero-order valence-corrected chi connectivity index (χ0v) is 9.09. The number of hydrogen-bond acceptors (Lipinski definition) is 4. The van der Waals surface area contributed by atoms with Crippen molar-refractivity contribution in [2.45, 2.75) is 18.5 Å². The topological polar surface area (TPSA) is 53.6 Å². The molecule has 2 fully saturated rings. The molecule has 0 saturated carbocycles. The second-order valence-corrected chi connectivity index (χ2v) is 4.03. The van der Waals surface area contributed by atoms with Gasteiger partial charge in [0.25, 0.3) is 5.91 Å². The molecule has 0 spiro atoms. The van der Waals surface area contributed by atoms with Gasteiger partial charge in [-0.15, -0.1) is 0 Å². The van der Waals surface area contributed by atoms with Gasteiger partial charge in [0.05, 0.1) is 0 Å². The van der Waals surface area contributed by atoms with Crippen molar-refractivity contribution in [3.63, 3.8) is 0 Å². The minimum Gasteiger partial charge on any atom is -0.339 e. The maximum atomic E-state index is 12.3. The fourth-order valence-electron chi connectivity index (χ4n) is 1.90. The number of carbonyl (C=O) groups is 1. The van der Waals surface area contributed by atoms with Gasteiger partial charge < -0.3 is 15.0 Å². The molecule has 98 valence electrons. The molecular weight excluding hydrogens is 239 g/mol. The lowest BCUT2D eigenvalue weighted by Gasteiger charge is -2.29. The lowest BCUT2D eigenvalue weighted by molar-refractivity contribution is -0.221. The number of halogens is 3. The van der Waals surface area contributed by atoms with Crippen LogP contribution in [0.15, 0.2) is 0 Å². The maximum absolute atomic E-state index is 12.3. The first-order chi connectivity index (χ1) is 7.98. The molecule has 0 aromatic rings. The van der Waals surface area contributed by atoms with Crippen LogP contribution in [0.3, 0.4) is 0 Å². The van der Waals surface area contributed by atoms with Gasteiger partial charge in [0.1, 0.15) is 0 Å². The van der Waals surface area contributed by atoms with Crippen LogP contribution in [0, 0.1) is 0 Å². The Morgan fingerprint density at radius 3 is 2.47 bits per heavy atom. The lowest BCUT2D eigenvalue weighted by atomic mass is 10.2. The van der Waals surface area contributed by atoms with Crippen LogP contribution in [-0.4, -0.2) is 62.0 Å². The van der Waals surface area contributed by atoms with Crippen molar-refractivity contribution in [3.05, 3.63) is 0 Å². The van der Waals surface area contributed by atoms with Gasteiger partial charge in [-0.05, 0) is 0 Å². The van der Waals surface area contributed by atoms with Crippen molar-refractivity contribution >= 4 is 5.91 Å². The Labute approximate surface area is 96.3 Å². The minimum absolute atomic E-state index is 0.0903. The molecule has 0 bridgehead atoms. The SMILES string of the molecule is O=C([C@@H]1CN[C@@H](C(F)(F)F)O1)N1CCNCC1. The summed E-state index contributed by atoms with van der Waals surface area (Å²) in [6, 6.07) is 0. The summed E-state index contributed by atoms with van der Waals surface area (Å²) in [7, 11) is 0. The van der Waals surface area contributed by atoms with E-state index in [1.54, 1.807) is 0 Å². The summed E-state index contributed by atoms with van der Waals surface area (Å²) in [5, 5.41) is 5.22. The Kier molecular flexibility index (Phi) is 3.55. The lowest BCUT2D eigenvalue weighted by Crippen LogP contribution is -2.50. The third kappa shape index (κ3) is 2.88. The number of piperazine rings is 1. The third-order valence-electron chi connectivity index (χ3n) is 2.79. The average molecular weight is 253 g/mol. The van der Waals surface area contributed by atoms with E-state index in [1.165, 1.54) is 4.90 Å². The molecule has 2 rings (SSSR count). The molecule has 2 aliphatic rings. The van der Waals surface area contributed by atoms with E-state index in [0.717, 1.165) is 0 Å². The van der Waals surface area contributed by atoms with E-state index in [0.29, 0.717) is 26.2 Å². The Hall–Kier alpha value is -0.860. The Bertz CT molecular complexity index is 292. The highest BCUT2D eigenvalue weighted by atomic mass is 19.4. The number of hydrogen-bond donors (Lipinski definition) is 2. The van der Waals surface area contributed by atoms with Crippen molar-refractivity contribution in [1.29, 1.82) is 0 Å². The zero-order valence-electron chi connectivity index (χ0n) is 9.09. The summed E-state index contributed by atoms with van der Waals surface area (Å²) >= 11 is 0. The van der Waals surface area contributed by atoms with Crippen LogP contribution in [0.2, 0.25) is 0 Å². The fourth-order valence-corrected chi connectivity index (χ4v) is 1.90. The molecule has 17 heavy (non-hydrogen) atoms. The fraction of sp³-hybridized carbons (Fsp3) is 0.889. The molecule has 1 amide bonds. The summed E-state index contributed by atoms with van der Waals surface area (Å²) in [6.07, 6.45) is -7.53. The van der Waals surface area contributed by atoms with Crippen LogP contribution in [0.5, 0.6) is 0 Å². The van der Waals surface area contributed by atoms with Gasteiger partial charge in [-0.3, -0.25) is 10.1 Å². The number of alkyl halides is 3. The third-order valence-corrected chi connectivity index (χ3v) is 2.79. The molecular formula is C9H14F3N3O2. The van der Waals surface area contributed by atoms with Gasteiger partial charge in [-0.1, -0.05) is 0 Å². The molecule has 0 radical (unpaired) electrons. The van der Waals surface area contributed by atoms with Gasteiger partial charge in [0.2, 0.25) is 6.23 Å². The first-order valence-corrected chi connectivity index (χ1v) is 5.43. The van der Waals surface area contributed by atoms with Gasteiger partial charge in [0, 0.05) is 32.7 Å². The zero-order chi connectivity index (χ0) is 12.5. The maximum Gasteiger partial charge on any atom is 0.428 e. The van der Waals surface area contributed by atoms with Crippen molar-refractivity contribution in [2.75, 3.05) is 32.7 Å². The number of nitrogens with one attached hydrogen (secondary N) is 2. The van der Waals surface area contributed by atoms with Crippen molar-refractivity contribution in [1.82, 2.24) is 15.5 Å². The number of nitrogens with zero attached hydrogens (tertiary/aromatic N) is 1. The highest BCUT2D eigenvalue weighted by Gasteiger charge is 2.47. The van der Waals surface area contributed by atoms with Crippen molar-refractivity contribution in [2.24, 2.45) is 0 Å². The summed E-state index contributed by atoms with van der Waals surface area (Å²) in [5.74, 6) is -0.370. The summed E-state index contributed by atoms with van der Waals surface area (Å²) < 4.78 is 41.6. The van der Waals surface area contributed by atoms with Crippen molar-refractivity contribution < 1.29 is 22.7 Å². The van der Waals surface area contributed by atoms with E-state index in [9.17, 15) is 18.0 Å². The number of amides is 1. The average Bonchev–Trinajstić information content (AvgIpc) is 2.78. The Morgan fingerprint density at radius 2 is 1.94 bits per heavy atom. The van der Waals surface area contributed by atoms with Crippen LogP contribution in [0.1, 0.15) is 0 Å². The molecule has 2 heterocycles. The van der Waals surface area contributed by atoms with Gasteiger partial charge in [0.15, 0.2) is 6.10 Å². The molecule has 0 aromatic carbocycles. The largest absolute Gasteiger partial charge is 0.428 e. The molecule has 0 unspecified atom stereocenters. The van der Waals surface area contributed by atoms with E-state index in [2.05, 4.69) is 10.6 Å². The van der Waals surface area contributed by atoms with Crippen LogP contribution >= 0.6 is 0 Å². The van der Waals surface area contributed by atoms with Crippen LogP contribution in [-0.2, 0) is 9.53 Å². The quantitative estimate of drug-likeness (QED) is 0.648. The van der Waals surface area contributed by atoms with E-state index in [4.69, 9.17) is 4.74 Å². The van der Waals surface area contributed by atoms with Crippen LogP contribution < -0.4 is 10.6 Å². The van der Waals surface area contributed by atoms with E-state index < -0.39 is 18.5 Å². The molecule has 2 atom stereocenters. The summed E-state index contributed by atoms with van der Waals surface area (Å²) in [5.41, 5.74) is 0. The minimum atomic E-state index is -4.47. The van der Waals surface area contributed by atoms with E-state index in [1.807, 2.05) is 0 Å². The van der Waals surface area contributed by atoms with E-state index in [-0.39, 0.29) is 12.5 Å². The number of rotatable bonds is 1. The number of ether oxygens (including phenoxy) is 1. The van der Waals surface area contributed by atoms with Gasteiger partial charge in [-0.2, -0.15) is 13.2 Å². The summed E-state index contributed by atoms with van der Waals surface area (Å²) in [6.45, 7) is 2.25. The first kappa shape index (κ1) is 12.6. The predicted molar refractivity (Wildman–Crippen MR) is 52.2 cm³/mol. The van der Waals surface area contributed by atoms with Crippen LogP contribution in [0.25, 0.3) is 0 Å². The smallest absolute Gasteiger partial charge is 0.339 e. The highest BCUT2D eigenvalue weighted by Crippen LogP contribution is 2.25. The summed E-state index contributed by atoms with van der Waals surface area (Å²) in [4.78, 5) is 13.4. The molecule has 0 aromatic heterocycles.